The summed E-state index contributed by atoms with van der Waals surface area (Å²) >= 11 is 0. The molecule has 0 fully saturated rings. The van der Waals surface area contributed by atoms with E-state index in [0.717, 1.165) is 0 Å². The molecule has 0 aliphatic rings. The van der Waals surface area contributed by atoms with Gasteiger partial charge >= 0.3 is 0 Å². The Hall–Kier alpha value is -1.09. The van der Waals surface area contributed by atoms with Crippen molar-refractivity contribution in [2.75, 3.05) is 13.2 Å². The van der Waals surface area contributed by atoms with Crippen molar-refractivity contribution in [3.8, 4) is 5.88 Å². The van der Waals surface area contributed by atoms with Crippen molar-refractivity contribution >= 4 is 0 Å². The normalized spacial score (nSPS) is 10.5. The van der Waals surface area contributed by atoms with Crippen LogP contribution < -0.4 is 10.5 Å². The van der Waals surface area contributed by atoms with Crippen LogP contribution >= 0.6 is 0 Å². The van der Waals surface area contributed by atoms with E-state index >= 15 is 0 Å². The molecule has 0 saturated carbocycles. The zero-order valence-corrected chi connectivity index (χ0v) is 8.16. The quantitative estimate of drug-likeness (QED) is 0.764. The minimum atomic E-state index is 0.503. The van der Waals surface area contributed by atoms with E-state index in [-0.39, 0.29) is 0 Å². The van der Waals surface area contributed by atoms with E-state index in [0.29, 0.717) is 24.9 Å². The Morgan fingerprint density at radius 3 is 2.92 bits per heavy atom. The van der Waals surface area contributed by atoms with Gasteiger partial charge in [-0.15, -0.1) is 0 Å². The fourth-order valence-electron chi connectivity index (χ4n) is 1.03. The zero-order valence-electron chi connectivity index (χ0n) is 8.16. The van der Waals surface area contributed by atoms with Gasteiger partial charge in [0.25, 0.3) is 0 Å². The lowest BCUT2D eigenvalue weighted by atomic mass is 10.1. The third-order valence-corrected chi connectivity index (χ3v) is 1.79. The third kappa shape index (κ3) is 3.03. The summed E-state index contributed by atoms with van der Waals surface area (Å²) in [6.45, 7) is 5.33. The van der Waals surface area contributed by atoms with Crippen LogP contribution in [-0.2, 0) is 0 Å². The first kappa shape index (κ1) is 9.99. The second-order valence-corrected chi connectivity index (χ2v) is 3.22. The first-order chi connectivity index (χ1) is 6.24. The van der Waals surface area contributed by atoms with Crippen molar-refractivity contribution in [3.05, 3.63) is 23.9 Å². The van der Waals surface area contributed by atoms with Crippen LogP contribution in [0.15, 0.2) is 18.3 Å². The van der Waals surface area contributed by atoms with Gasteiger partial charge in [-0.1, -0.05) is 13.8 Å². The molecule has 0 amide bonds. The molecule has 0 atom stereocenters. The van der Waals surface area contributed by atoms with Crippen molar-refractivity contribution in [2.24, 2.45) is 5.73 Å². The Labute approximate surface area is 78.9 Å². The predicted molar refractivity (Wildman–Crippen MR) is 52.9 cm³/mol. The third-order valence-electron chi connectivity index (χ3n) is 1.79. The van der Waals surface area contributed by atoms with Gasteiger partial charge in [-0.2, -0.15) is 0 Å². The van der Waals surface area contributed by atoms with Gasteiger partial charge in [-0.25, -0.2) is 4.98 Å². The lowest BCUT2D eigenvalue weighted by Crippen LogP contribution is -2.11. The molecule has 0 bridgehead atoms. The highest BCUT2D eigenvalue weighted by molar-refractivity contribution is 5.22. The fraction of sp³-hybridized carbons (Fsp3) is 0.500. The number of ether oxygens (including phenoxy) is 1. The molecule has 0 aromatic carbocycles. The molecule has 3 heteroatoms. The summed E-state index contributed by atoms with van der Waals surface area (Å²) in [4.78, 5) is 4.08. The monoisotopic (exact) mass is 180 g/mol. The van der Waals surface area contributed by atoms with E-state index in [2.05, 4.69) is 18.8 Å². The lowest BCUT2D eigenvalue weighted by molar-refractivity contribution is 0.315. The molecule has 0 saturated heterocycles. The van der Waals surface area contributed by atoms with Gasteiger partial charge in [0.05, 0.1) is 0 Å². The summed E-state index contributed by atoms with van der Waals surface area (Å²) < 4.78 is 5.31. The molecule has 0 unspecified atom stereocenters. The maximum atomic E-state index is 5.32. The topological polar surface area (TPSA) is 48.1 Å². The predicted octanol–water partition coefficient (Wildman–Crippen LogP) is 1.54. The maximum Gasteiger partial charge on any atom is 0.213 e. The largest absolute Gasteiger partial charge is 0.476 e. The molecular weight excluding hydrogens is 164 g/mol. The Morgan fingerprint density at radius 1 is 1.54 bits per heavy atom. The molecule has 0 aliphatic carbocycles. The maximum absolute atomic E-state index is 5.32. The highest BCUT2D eigenvalue weighted by Gasteiger charge is 2.01. The Balaban J connectivity index is 2.68. The molecule has 0 radical (unpaired) electrons. The second-order valence-electron chi connectivity index (χ2n) is 3.22. The molecule has 1 rings (SSSR count). The van der Waals surface area contributed by atoms with Crippen LogP contribution in [0.5, 0.6) is 5.88 Å². The molecule has 1 aromatic rings. The summed E-state index contributed by atoms with van der Waals surface area (Å²) in [5, 5.41) is 0. The van der Waals surface area contributed by atoms with Crippen LogP contribution in [0.4, 0.5) is 0 Å². The summed E-state index contributed by atoms with van der Waals surface area (Å²) in [6, 6.07) is 3.96. The van der Waals surface area contributed by atoms with Crippen molar-refractivity contribution in [3.63, 3.8) is 0 Å². The Bertz CT molecular complexity index is 261. The fourth-order valence-corrected chi connectivity index (χ4v) is 1.03. The van der Waals surface area contributed by atoms with Crippen LogP contribution in [0.2, 0.25) is 0 Å². The summed E-state index contributed by atoms with van der Waals surface area (Å²) in [5.74, 6) is 1.17. The number of pyridine rings is 1. The van der Waals surface area contributed by atoms with Crippen LogP contribution in [0, 0.1) is 0 Å². The molecule has 13 heavy (non-hydrogen) atoms. The first-order valence-electron chi connectivity index (χ1n) is 4.53. The summed E-state index contributed by atoms with van der Waals surface area (Å²) in [6.07, 6.45) is 1.77. The summed E-state index contributed by atoms with van der Waals surface area (Å²) in [5.41, 5.74) is 6.56. The highest BCUT2D eigenvalue weighted by atomic mass is 16.5. The number of aromatic nitrogens is 1. The van der Waals surface area contributed by atoms with Crippen molar-refractivity contribution in [2.45, 2.75) is 19.8 Å². The molecule has 2 N–H and O–H groups in total. The minimum Gasteiger partial charge on any atom is -0.476 e. The smallest absolute Gasteiger partial charge is 0.213 e. The van der Waals surface area contributed by atoms with Gasteiger partial charge < -0.3 is 10.5 Å². The lowest BCUT2D eigenvalue weighted by Gasteiger charge is -2.07. The Kier molecular flexibility index (Phi) is 3.71. The molecule has 3 nitrogen and oxygen atoms in total. The SMILES string of the molecule is CC(C)c1ccnc(OCCN)c1. The van der Waals surface area contributed by atoms with E-state index < -0.39 is 0 Å². The van der Waals surface area contributed by atoms with Crippen molar-refractivity contribution in [1.82, 2.24) is 4.98 Å². The van der Waals surface area contributed by atoms with E-state index in [1.54, 1.807) is 6.20 Å². The van der Waals surface area contributed by atoms with Gasteiger partial charge in [0.2, 0.25) is 5.88 Å². The average molecular weight is 180 g/mol. The molecule has 0 aliphatic heterocycles. The van der Waals surface area contributed by atoms with Gasteiger partial charge in [-0.3, -0.25) is 0 Å². The van der Waals surface area contributed by atoms with E-state index in [9.17, 15) is 0 Å². The van der Waals surface area contributed by atoms with E-state index in [4.69, 9.17) is 10.5 Å². The molecule has 1 heterocycles. The molecule has 0 spiro atoms. The zero-order chi connectivity index (χ0) is 9.68. The number of rotatable bonds is 4. The van der Waals surface area contributed by atoms with Gasteiger partial charge in [0.1, 0.15) is 6.61 Å². The van der Waals surface area contributed by atoms with Crippen LogP contribution in [0.1, 0.15) is 25.3 Å². The van der Waals surface area contributed by atoms with Crippen LogP contribution in [0.25, 0.3) is 0 Å². The number of nitrogens with two attached hydrogens (primary N) is 1. The number of hydrogen-bond donors (Lipinski definition) is 1. The van der Waals surface area contributed by atoms with E-state index in [1.165, 1.54) is 5.56 Å². The summed E-state index contributed by atoms with van der Waals surface area (Å²) in [7, 11) is 0. The molecule has 72 valence electrons. The second kappa shape index (κ2) is 4.82. The van der Waals surface area contributed by atoms with Crippen molar-refractivity contribution in [1.29, 1.82) is 0 Å². The van der Waals surface area contributed by atoms with Crippen LogP contribution in [-0.4, -0.2) is 18.1 Å². The van der Waals surface area contributed by atoms with Crippen LogP contribution in [0.3, 0.4) is 0 Å². The average Bonchev–Trinajstić information content (AvgIpc) is 2.15. The minimum absolute atomic E-state index is 0.503. The highest BCUT2D eigenvalue weighted by Crippen LogP contribution is 2.17. The van der Waals surface area contributed by atoms with E-state index in [1.807, 2.05) is 12.1 Å². The first-order valence-corrected chi connectivity index (χ1v) is 4.53. The standard InChI is InChI=1S/C10H16N2O/c1-8(2)9-3-5-12-10(7-9)13-6-4-11/h3,5,7-8H,4,6,11H2,1-2H3. The van der Waals surface area contributed by atoms with Gasteiger partial charge in [0, 0.05) is 18.8 Å². The van der Waals surface area contributed by atoms with Crippen molar-refractivity contribution < 1.29 is 4.74 Å². The Morgan fingerprint density at radius 2 is 2.31 bits per heavy atom. The number of hydrogen-bond acceptors (Lipinski definition) is 3. The van der Waals surface area contributed by atoms with Gasteiger partial charge in [-0.05, 0) is 17.5 Å². The van der Waals surface area contributed by atoms with Gasteiger partial charge in [0.15, 0.2) is 0 Å². The molecule has 1 aromatic heterocycles. The molecular formula is C10H16N2O. The number of nitrogens with zero attached hydrogens (tertiary/aromatic N) is 1.